The highest BCUT2D eigenvalue weighted by atomic mass is 32.2. The van der Waals surface area contributed by atoms with Crippen LogP contribution in [0, 0.1) is 0 Å². The van der Waals surface area contributed by atoms with Crippen LogP contribution in [-0.4, -0.2) is 50.4 Å². The molecule has 7 rings (SSSR count). The predicted octanol–water partition coefficient (Wildman–Crippen LogP) is 7.89. The first-order chi connectivity index (χ1) is 27.9. The Morgan fingerprint density at radius 3 is 1.78 bits per heavy atom. The first-order valence-electron chi connectivity index (χ1n) is 16.8. The zero-order chi connectivity index (χ0) is 42.3. The van der Waals surface area contributed by atoms with Crippen LogP contribution in [0.1, 0.15) is 15.9 Å². The van der Waals surface area contributed by atoms with Crippen LogP contribution in [0.5, 0.6) is 0 Å². The van der Waals surface area contributed by atoms with Gasteiger partial charge in [-0.1, -0.05) is 48.5 Å². The van der Waals surface area contributed by atoms with Crippen molar-refractivity contribution in [2.24, 2.45) is 25.6 Å². The first-order valence-corrected chi connectivity index (χ1v) is 21.1. The lowest BCUT2D eigenvalue weighted by molar-refractivity contribution is 0.106. The molecular weight excluding hydrogens is 825 g/mol. The molecule has 1 aliphatic carbocycles. The lowest BCUT2D eigenvalue weighted by Crippen LogP contribution is -2.28. The molecule has 21 heteroatoms. The molecule has 59 heavy (non-hydrogen) atoms. The van der Waals surface area contributed by atoms with Gasteiger partial charge in [-0.05, 0) is 89.5 Å². The van der Waals surface area contributed by atoms with Crippen LogP contribution in [-0.2, 0) is 30.4 Å². The molecule has 0 atom stereocenters. The second-order valence-electron chi connectivity index (χ2n) is 12.7. The van der Waals surface area contributed by atoms with Gasteiger partial charge in [-0.2, -0.15) is 40.6 Å². The zero-order valence-corrected chi connectivity index (χ0v) is 32.3. The normalized spacial score (nSPS) is 14.3. The highest BCUT2D eigenvalue weighted by molar-refractivity contribution is 7.91. The van der Waals surface area contributed by atoms with E-state index in [1.165, 1.54) is 18.2 Å². The average Bonchev–Trinajstić information content (AvgIpc) is 3.19. The maximum absolute atomic E-state index is 13.7. The molecule has 0 aliphatic heterocycles. The highest BCUT2D eigenvalue weighted by Crippen LogP contribution is 2.41. The largest absolute Gasteiger partial charge is 0.398 e. The Kier molecular flexibility index (Phi) is 10.5. The van der Waals surface area contributed by atoms with Gasteiger partial charge in [-0.3, -0.25) is 23.9 Å². The van der Waals surface area contributed by atoms with Crippen molar-refractivity contribution in [1.82, 2.24) is 0 Å². The van der Waals surface area contributed by atoms with Gasteiger partial charge >= 0.3 is 0 Å². The number of para-hydroxylation sites is 1. The van der Waals surface area contributed by atoms with Gasteiger partial charge in [0.15, 0.2) is 5.71 Å². The second kappa shape index (κ2) is 15.4. The highest BCUT2D eigenvalue weighted by Gasteiger charge is 2.37. The number of carbonyl (C=O) groups is 1. The minimum Gasteiger partial charge on any atom is -0.398 e. The molecule has 0 amide bonds. The van der Waals surface area contributed by atoms with Crippen LogP contribution in [0.25, 0.3) is 28.0 Å². The predicted molar refractivity (Wildman–Crippen MR) is 220 cm³/mol. The van der Waals surface area contributed by atoms with Crippen molar-refractivity contribution < 1.29 is 43.7 Å². The summed E-state index contributed by atoms with van der Waals surface area (Å²) >= 11 is 0. The van der Waals surface area contributed by atoms with Crippen molar-refractivity contribution >= 4 is 98.5 Å². The Hall–Kier alpha value is -7.01. The van der Waals surface area contributed by atoms with Gasteiger partial charge < -0.3 is 11.5 Å². The van der Waals surface area contributed by atoms with E-state index >= 15 is 0 Å². The maximum Gasteiger partial charge on any atom is 0.296 e. The summed E-state index contributed by atoms with van der Waals surface area (Å²) in [5, 5.41) is 21.4. The second-order valence-corrected chi connectivity index (χ2v) is 16.9. The van der Waals surface area contributed by atoms with E-state index in [1.807, 2.05) is 0 Å². The lowest BCUT2D eigenvalue weighted by atomic mass is 9.92. The molecule has 6 aromatic carbocycles. The van der Waals surface area contributed by atoms with E-state index < -0.39 is 68.6 Å². The van der Waals surface area contributed by atoms with Crippen LogP contribution < -0.4 is 16.9 Å². The number of nitrogens with zero attached hydrogens (tertiary/aromatic N) is 5. The third-order valence-corrected chi connectivity index (χ3v) is 11.4. The Bertz CT molecular complexity index is 3170. The fraction of sp³-hybridized carbons (Fsp3) is 0. The molecule has 8 N–H and O–H groups in total. The summed E-state index contributed by atoms with van der Waals surface area (Å²) in [5.74, 6) is -1.10. The van der Waals surface area contributed by atoms with Gasteiger partial charge in [0.25, 0.3) is 30.4 Å². The number of nitrogens with two attached hydrogens (primary N) is 2. The molecule has 0 spiro atoms. The van der Waals surface area contributed by atoms with Crippen molar-refractivity contribution in [3.05, 3.63) is 131 Å². The van der Waals surface area contributed by atoms with Crippen molar-refractivity contribution in [2.75, 3.05) is 16.9 Å². The van der Waals surface area contributed by atoms with E-state index in [4.69, 9.17) is 11.5 Å². The van der Waals surface area contributed by atoms with E-state index in [1.54, 1.807) is 91.0 Å². The van der Waals surface area contributed by atoms with Crippen molar-refractivity contribution in [2.45, 2.75) is 9.79 Å². The van der Waals surface area contributed by atoms with E-state index in [2.05, 4.69) is 31.0 Å². The van der Waals surface area contributed by atoms with Crippen molar-refractivity contribution in [3.8, 4) is 11.1 Å². The maximum atomic E-state index is 13.7. The third-order valence-electron chi connectivity index (χ3n) is 8.82. The summed E-state index contributed by atoms with van der Waals surface area (Å²) in [4.78, 5) is 11.6. The topological polar surface area (TPSA) is 306 Å². The van der Waals surface area contributed by atoms with Gasteiger partial charge in [0.2, 0.25) is 5.78 Å². The molecular formula is C38H28N8O10S3. The van der Waals surface area contributed by atoms with Gasteiger partial charge in [0.05, 0.1) is 38.9 Å². The number of nitrogen functional groups attached to an aromatic ring is 2. The molecule has 1 aliphatic rings. The number of carbonyl (C=O) groups excluding carboxylic acids is 1. The van der Waals surface area contributed by atoms with Gasteiger partial charge in [0.1, 0.15) is 15.5 Å². The number of allylic oxidation sites excluding steroid dienone is 1. The van der Waals surface area contributed by atoms with Gasteiger partial charge in [0, 0.05) is 16.5 Å². The SMILES string of the molecule is Nc1c(N=Nc2ccc(-c3ccc(N=Nc4ccc(N)c5cc(S(=O)(=O)O)ccc45)cc3)cc2)c(S(=O)(=O)O)cc2c1C(=O)/C(=N/Nc1ccccc1)C(S(=O)(=O)O)=C2. The number of anilines is 3. The number of Topliss-reactive ketones (excluding diaryl/α,β-unsaturated/α-hetero) is 1. The van der Waals surface area contributed by atoms with Crippen LogP contribution in [0.2, 0.25) is 0 Å². The molecule has 298 valence electrons. The van der Waals surface area contributed by atoms with Crippen molar-refractivity contribution in [3.63, 3.8) is 0 Å². The molecule has 0 radical (unpaired) electrons. The molecule has 18 nitrogen and oxygen atoms in total. The smallest absolute Gasteiger partial charge is 0.296 e. The zero-order valence-electron chi connectivity index (χ0n) is 29.9. The standard InChI is InChI=1S/C38H28N8O10S3/c39-30-16-17-31(28-15-14-27(20-29(28)30)57(48,49)50)44-41-25-10-6-21(7-11-25)22-8-12-26(13-9-22)43-45-36-32(58(51,52)53)18-23-19-33(59(54,55)56)37(38(47)34(23)35(36)40)46-42-24-4-2-1-3-5-24/h1-20,42H,39-40H2,(H,48,49,50)(H,51,52,53)(H,54,55,56)/b44-41?,45-43?,46-37+. The fourth-order valence-electron chi connectivity index (χ4n) is 5.97. The average molecular weight is 853 g/mol. The minimum atomic E-state index is -5.09. The Balaban J connectivity index is 1.14. The molecule has 0 fully saturated rings. The summed E-state index contributed by atoms with van der Waals surface area (Å²) < 4.78 is 102. The van der Waals surface area contributed by atoms with Crippen molar-refractivity contribution in [1.29, 1.82) is 0 Å². The monoisotopic (exact) mass is 852 g/mol. The lowest BCUT2D eigenvalue weighted by Gasteiger charge is -2.20. The summed E-state index contributed by atoms with van der Waals surface area (Å²) in [6.45, 7) is 0. The number of hydrazone groups is 1. The van der Waals surface area contributed by atoms with Crippen LogP contribution in [0.3, 0.4) is 0 Å². The first kappa shape index (κ1) is 40.2. The molecule has 0 unspecified atom stereocenters. The van der Waals surface area contributed by atoms with Crippen LogP contribution >= 0.6 is 0 Å². The molecule has 0 bridgehead atoms. The van der Waals surface area contributed by atoms with Crippen LogP contribution in [0.4, 0.5) is 39.8 Å². The van der Waals surface area contributed by atoms with E-state index in [-0.39, 0.29) is 21.8 Å². The van der Waals surface area contributed by atoms with Gasteiger partial charge in [-0.15, -0.1) is 10.2 Å². The molecule has 0 saturated carbocycles. The number of fused-ring (bicyclic) bond motifs is 2. The van der Waals surface area contributed by atoms with Crippen LogP contribution in [0.15, 0.2) is 156 Å². The summed E-state index contributed by atoms with van der Waals surface area (Å²) in [6.07, 6.45) is 0.797. The summed E-state index contributed by atoms with van der Waals surface area (Å²) in [6, 6.07) is 29.6. The quantitative estimate of drug-likeness (QED) is 0.0331. The number of hydrogen-bond acceptors (Lipinski definition) is 15. The van der Waals surface area contributed by atoms with Gasteiger partial charge in [-0.25, -0.2) is 0 Å². The van der Waals surface area contributed by atoms with E-state index in [0.717, 1.165) is 23.3 Å². The fourth-order valence-corrected chi connectivity index (χ4v) is 7.81. The minimum absolute atomic E-state index is 0.214. The Labute approximate surface area is 335 Å². The number of ketones is 1. The molecule has 0 saturated heterocycles. The molecule has 0 heterocycles. The van der Waals surface area contributed by atoms with E-state index in [9.17, 15) is 43.7 Å². The number of benzene rings is 6. The third kappa shape index (κ3) is 8.50. The molecule has 6 aromatic rings. The van der Waals surface area contributed by atoms with E-state index in [0.29, 0.717) is 27.8 Å². The molecule has 0 aromatic heterocycles. The number of hydrogen-bond donors (Lipinski definition) is 6. The Morgan fingerprint density at radius 2 is 1.20 bits per heavy atom. The Morgan fingerprint density at radius 1 is 0.593 bits per heavy atom. The summed E-state index contributed by atoms with van der Waals surface area (Å²) in [5.41, 5.74) is 15.5. The number of azo groups is 2. The number of nitrogens with one attached hydrogen (secondary N) is 1. The summed E-state index contributed by atoms with van der Waals surface area (Å²) in [7, 11) is -14.6. The number of rotatable bonds is 10.